The average Bonchev–Trinajstić information content (AvgIpc) is 2.02. The minimum absolute atomic E-state index is 0.0764. The van der Waals surface area contributed by atoms with E-state index in [4.69, 9.17) is 0 Å². The van der Waals surface area contributed by atoms with E-state index in [9.17, 15) is 4.79 Å². The predicted octanol–water partition coefficient (Wildman–Crippen LogP) is 2.47. The van der Waals surface area contributed by atoms with Gasteiger partial charge in [-0.05, 0) is 12.5 Å². The highest BCUT2D eigenvalue weighted by Crippen LogP contribution is 2.09. The van der Waals surface area contributed by atoms with Crippen molar-refractivity contribution in [2.75, 3.05) is 0 Å². The maximum Gasteiger partial charge on any atom is 0.249 e. The molecule has 1 rings (SSSR count). The number of H-pyrrole nitrogens is 1. The van der Waals surface area contributed by atoms with Gasteiger partial charge in [0.1, 0.15) is 0 Å². The van der Waals surface area contributed by atoms with E-state index in [-0.39, 0.29) is 5.56 Å². The first-order valence-electron chi connectivity index (χ1n) is 3.55. The van der Waals surface area contributed by atoms with Crippen molar-refractivity contribution in [3.8, 4) is 0 Å². The first-order chi connectivity index (χ1) is 5.20. The molecule has 0 spiro atoms. The van der Waals surface area contributed by atoms with Gasteiger partial charge in [-0.15, -0.1) is 0 Å². The summed E-state index contributed by atoms with van der Waals surface area (Å²) in [5.41, 5.74) is 0.960. The van der Waals surface area contributed by atoms with Crippen molar-refractivity contribution in [3.63, 3.8) is 0 Å². The molecule has 1 aromatic heterocycles. The summed E-state index contributed by atoms with van der Waals surface area (Å²) < 4.78 is 0.853. The Kier molecular flexibility index (Phi) is 4.86. The van der Waals surface area contributed by atoms with Crippen LogP contribution in [0.5, 0.6) is 0 Å². The fourth-order valence-electron chi connectivity index (χ4n) is 0.519. The lowest BCUT2D eigenvalue weighted by Gasteiger charge is -1.91. The summed E-state index contributed by atoms with van der Waals surface area (Å²) in [4.78, 5) is 13.1. The smallest absolute Gasteiger partial charge is 0.249 e. The van der Waals surface area contributed by atoms with Gasteiger partial charge in [0, 0.05) is 16.7 Å². The summed E-state index contributed by atoms with van der Waals surface area (Å²) in [6.07, 6.45) is 1.67. The third-order valence-electron chi connectivity index (χ3n) is 1.07. The zero-order chi connectivity index (χ0) is 8.85. The molecule has 0 unspecified atom stereocenters. The molecule has 0 fully saturated rings. The summed E-state index contributed by atoms with van der Waals surface area (Å²) in [5, 5.41) is 0. The van der Waals surface area contributed by atoms with Crippen LogP contribution >= 0.6 is 15.9 Å². The minimum atomic E-state index is -0.0764. The van der Waals surface area contributed by atoms with E-state index in [0.717, 1.165) is 10.0 Å². The lowest BCUT2D eigenvalue weighted by molar-refractivity contribution is 1.18. The molecular formula is C8H12BrNO. The van der Waals surface area contributed by atoms with Crippen LogP contribution in [0.1, 0.15) is 19.4 Å². The molecule has 62 valence electrons. The van der Waals surface area contributed by atoms with Crippen molar-refractivity contribution in [1.82, 2.24) is 4.98 Å². The maximum atomic E-state index is 10.6. The first-order valence-corrected chi connectivity index (χ1v) is 4.34. The van der Waals surface area contributed by atoms with E-state index >= 15 is 0 Å². The Balaban J connectivity index is 0.000000461. The number of aromatic nitrogens is 1. The Hall–Kier alpha value is -0.570. The van der Waals surface area contributed by atoms with Crippen molar-refractivity contribution >= 4 is 15.9 Å². The maximum absolute atomic E-state index is 10.6. The summed E-state index contributed by atoms with van der Waals surface area (Å²) in [6, 6.07) is 1.51. The Bertz CT molecular complexity index is 267. The first kappa shape index (κ1) is 10.4. The van der Waals surface area contributed by atoms with Crippen LogP contribution in [0.25, 0.3) is 0 Å². The molecule has 0 atom stereocenters. The predicted molar refractivity (Wildman–Crippen MR) is 50.8 cm³/mol. The molecule has 0 bridgehead atoms. The number of nitrogens with one attached hydrogen (secondary N) is 1. The quantitative estimate of drug-likeness (QED) is 0.712. The molecule has 3 heteroatoms. The third-order valence-corrected chi connectivity index (χ3v) is 1.92. The highest BCUT2D eigenvalue weighted by molar-refractivity contribution is 9.10. The topological polar surface area (TPSA) is 32.9 Å². The Morgan fingerprint density at radius 1 is 1.45 bits per heavy atom. The standard InChI is InChI=1S/C6H6BrNO.C2H6/c1-4-3-8-6(9)2-5(4)7;1-2/h2-3H,1H3,(H,8,9);1-2H3. The third kappa shape index (κ3) is 3.37. The van der Waals surface area contributed by atoms with Gasteiger partial charge < -0.3 is 4.98 Å². The average molecular weight is 218 g/mol. The van der Waals surface area contributed by atoms with E-state index in [0.29, 0.717) is 0 Å². The normalized spacial score (nSPS) is 8.36. The van der Waals surface area contributed by atoms with Crippen molar-refractivity contribution < 1.29 is 0 Å². The minimum Gasteiger partial charge on any atom is -0.329 e. The van der Waals surface area contributed by atoms with Crippen LogP contribution < -0.4 is 5.56 Å². The highest BCUT2D eigenvalue weighted by atomic mass is 79.9. The molecule has 0 aromatic carbocycles. The van der Waals surface area contributed by atoms with Gasteiger partial charge in [0.2, 0.25) is 5.56 Å². The van der Waals surface area contributed by atoms with Crippen LogP contribution in [-0.4, -0.2) is 4.98 Å². The number of aromatic amines is 1. The molecule has 1 N–H and O–H groups in total. The van der Waals surface area contributed by atoms with Crippen molar-refractivity contribution in [1.29, 1.82) is 0 Å². The summed E-state index contributed by atoms with van der Waals surface area (Å²) in [7, 11) is 0. The number of halogens is 1. The molecule has 1 heterocycles. The molecule has 11 heavy (non-hydrogen) atoms. The fraction of sp³-hybridized carbons (Fsp3) is 0.375. The van der Waals surface area contributed by atoms with Gasteiger partial charge in [0.25, 0.3) is 0 Å². The van der Waals surface area contributed by atoms with Gasteiger partial charge in [-0.25, -0.2) is 0 Å². The van der Waals surface area contributed by atoms with E-state index in [1.54, 1.807) is 6.20 Å². The second-order valence-electron chi connectivity index (χ2n) is 1.83. The van der Waals surface area contributed by atoms with Gasteiger partial charge >= 0.3 is 0 Å². The molecular weight excluding hydrogens is 206 g/mol. The lowest BCUT2D eigenvalue weighted by atomic mass is 10.3. The highest BCUT2D eigenvalue weighted by Gasteiger charge is 1.91. The van der Waals surface area contributed by atoms with E-state index in [1.165, 1.54) is 6.07 Å². The van der Waals surface area contributed by atoms with Gasteiger partial charge in [-0.1, -0.05) is 29.8 Å². The van der Waals surface area contributed by atoms with Gasteiger partial charge in [0.05, 0.1) is 0 Å². The summed E-state index contributed by atoms with van der Waals surface area (Å²) >= 11 is 3.23. The Morgan fingerprint density at radius 3 is 2.36 bits per heavy atom. The molecule has 0 saturated carbocycles. The second kappa shape index (κ2) is 5.13. The lowest BCUT2D eigenvalue weighted by Crippen LogP contribution is -2.02. The molecule has 0 aliphatic rings. The van der Waals surface area contributed by atoms with Gasteiger partial charge in [-0.2, -0.15) is 0 Å². The second-order valence-corrected chi connectivity index (χ2v) is 2.68. The van der Waals surface area contributed by atoms with Crippen LogP contribution in [0.4, 0.5) is 0 Å². The zero-order valence-electron chi connectivity index (χ0n) is 6.94. The van der Waals surface area contributed by atoms with E-state index in [1.807, 2.05) is 20.8 Å². The molecule has 0 amide bonds. The number of aryl methyl sites for hydroxylation is 1. The monoisotopic (exact) mass is 217 g/mol. The molecule has 1 aromatic rings. The molecule has 0 saturated heterocycles. The van der Waals surface area contributed by atoms with Gasteiger partial charge in [-0.3, -0.25) is 4.79 Å². The number of rotatable bonds is 0. The molecule has 0 radical (unpaired) electrons. The zero-order valence-corrected chi connectivity index (χ0v) is 8.53. The number of pyridine rings is 1. The Labute approximate surface area is 74.8 Å². The van der Waals surface area contributed by atoms with Crippen molar-refractivity contribution in [2.45, 2.75) is 20.8 Å². The van der Waals surface area contributed by atoms with E-state index in [2.05, 4.69) is 20.9 Å². The molecule has 2 nitrogen and oxygen atoms in total. The number of hydrogen-bond donors (Lipinski definition) is 1. The van der Waals surface area contributed by atoms with Gasteiger partial charge in [0.15, 0.2) is 0 Å². The molecule has 0 aliphatic carbocycles. The van der Waals surface area contributed by atoms with Crippen molar-refractivity contribution in [2.24, 2.45) is 0 Å². The van der Waals surface area contributed by atoms with Crippen LogP contribution in [0.2, 0.25) is 0 Å². The van der Waals surface area contributed by atoms with Crippen LogP contribution in [0.15, 0.2) is 21.5 Å². The van der Waals surface area contributed by atoms with Crippen LogP contribution in [0.3, 0.4) is 0 Å². The molecule has 0 aliphatic heterocycles. The summed E-state index contributed by atoms with van der Waals surface area (Å²) in [5.74, 6) is 0. The largest absolute Gasteiger partial charge is 0.329 e. The summed E-state index contributed by atoms with van der Waals surface area (Å²) in [6.45, 7) is 5.92. The number of hydrogen-bond acceptors (Lipinski definition) is 1. The van der Waals surface area contributed by atoms with E-state index < -0.39 is 0 Å². The Morgan fingerprint density at radius 2 is 2.00 bits per heavy atom. The van der Waals surface area contributed by atoms with Crippen LogP contribution in [-0.2, 0) is 0 Å². The fourth-order valence-corrected chi connectivity index (χ4v) is 0.841. The van der Waals surface area contributed by atoms with Crippen molar-refractivity contribution in [3.05, 3.63) is 32.7 Å². The SMILES string of the molecule is CC.Cc1c[nH]c(=O)cc1Br. The van der Waals surface area contributed by atoms with Crippen LogP contribution in [0, 0.1) is 6.92 Å².